The second-order valence-corrected chi connectivity index (χ2v) is 5.15. The first-order valence-electron chi connectivity index (χ1n) is 7.03. The molecule has 0 aliphatic rings. The fourth-order valence-corrected chi connectivity index (χ4v) is 2.18. The van der Waals surface area contributed by atoms with E-state index in [0.29, 0.717) is 6.04 Å². The van der Waals surface area contributed by atoms with E-state index in [1.807, 2.05) is 30.3 Å². The predicted molar refractivity (Wildman–Crippen MR) is 85.4 cm³/mol. The van der Waals surface area contributed by atoms with Gasteiger partial charge in [0, 0.05) is 18.2 Å². The summed E-state index contributed by atoms with van der Waals surface area (Å²) >= 11 is 0. The number of nitrogens with one attached hydrogen (secondary N) is 1. The molecule has 0 heterocycles. The zero-order valence-electron chi connectivity index (χ0n) is 12.2. The molecule has 2 rings (SSSR count). The highest BCUT2D eigenvalue weighted by Crippen LogP contribution is 2.06. The fourth-order valence-electron chi connectivity index (χ4n) is 2.18. The van der Waals surface area contributed by atoms with E-state index in [-0.39, 0.29) is 5.84 Å². The monoisotopic (exact) mass is 283 g/mol. The number of benzene rings is 2. The van der Waals surface area contributed by atoms with Gasteiger partial charge >= 0.3 is 0 Å². The van der Waals surface area contributed by atoms with Crippen molar-refractivity contribution in [1.29, 1.82) is 0 Å². The van der Waals surface area contributed by atoms with Crippen molar-refractivity contribution < 1.29 is 5.21 Å². The molecule has 1 atom stereocenters. The van der Waals surface area contributed by atoms with Crippen molar-refractivity contribution in [1.82, 2.24) is 5.32 Å². The van der Waals surface area contributed by atoms with Crippen LogP contribution in [0.1, 0.15) is 23.6 Å². The van der Waals surface area contributed by atoms with Gasteiger partial charge in [-0.15, -0.1) is 0 Å². The van der Waals surface area contributed by atoms with Crippen LogP contribution in [0.4, 0.5) is 0 Å². The SMILES string of the molecule is CC(Cc1ccccc1)NCc1ccc(C(N)=NO)cc1. The van der Waals surface area contributed by atoms with Crippen molar-refractivity contribution in [3.63, 3.8) is 0 Å². The molecule has 0 aliphatic carbocycles. The molecule has 110 valence electrons. The minimum absolute atomic E-state index is 0.131. The lowest BCUT2D eigenvalue weighted by Crippen LogP contribution is -2.27. The van der Waals surface area contributed by atoms with Gasteiger partial charge in [0.1, 0.15) is 0 Å². The Balaban J connectivity index is 1.85. The Morgan fingerprint density at radius 1 is 1.10 bits per heavy atom. The Morgan fingerprint density at radius 2 is 1.76 bits per heavy atom. The van der Waals surface area contributed by atoms with E-state index in [0.717, 1.165) is 18.5 Å². The Kier molecular flexibility index (Phi) is 5.35. The summed E-state index contributed by atoms with van der Waals surface area (Å²) in [7, 11) is 0. The molecule has 0 saturated heterocycles. The quantitative estimate of drug-likeness (QED) is 0.330. The molecule has 0 bridgehead atoms. The molecule has 0 aromatic heterocycles. The average Bonchev–Trinajstić information content (AvgIpc) is 2.53. The number of hydrogen-bond acceptors (Lipinski definition) is 3. The Morgan fingerprint density at radius 3 is 2.38 bits per heavy atom. The first-order chi connectivity index (χ1) is 10.2. The van der Waals surface area contributed by atoms with Gasteiger partial charge in [0.25, 0.3) is 0 Å². The van der Waals surface area contributed by atoms with Crippen LogP contribution in [0, 0.1) is 0 Å². The standard InChI is InChI=1S/C17H21N3O/c1-13(11-14-5-3-2-4-6-14)19-12-15-7-9-16(10-8-15)17(18)20-21/h2-10,13,19,21H,11-12H2,1H3,(H2,18,20). The van der Waals surface area contributed by atoms with Crippen LogP contribution >= 0.6 is 0 Å². The highest BCUT2D eigenvalue weighted by Gasteiger charge is 2.04. The Bertz CT molecular complexity index is 579. The molecule has 0 fully saturated rings. The van der Waals surface area contributed by atoms with Crippen LogP contribution in [0.5, 0.6) is 0 Å². The van der Waals surface area contributed by atoms with Gasteiger partial charge in [-0.3, -0.25) is 0 Å². The van der Waals surface area contributed by atoms with Gasteiger partial charge in [-0.05, 0) is 24.5 Å². The van der Waals surface area contributed by atoms with E-state index in [1.54, 1.807) is 0 Å². The zero-order chi connectivity index (χ0) is 15.1. The molecule has 2 aromatic carbocycles. The van der Waals surface area contributed by atoms with E-state index < -0.39 is 0 Å². The van der Waals surface area contributed by atoms with Crippen LogP contribution in [0.15, 0.2) is 59.8 Å². The van der Waals surface area contributed by atoms with Gasteiger partial charge in [0.05, 0.1) is 0 Å². The molecule has 0 radical (unpaired) electrons. The van der Waals surface area contributed by atoms with Crippen LogP contribution in [0.2, 0.25) is 0 Å². The lowest BCUT2D eigenvalue weighted by molar-refractivity contribution is 0.318. The van der Waals surface area contributed by atoms with Crippen LogP contribution in [0.3, 0.4) is 0 Å². The van der Waals surface area contributed by atoms with Crippen molar-refractivity contribution in [3.05, 3.63) is 71.3 Å². The van der Waals surface area contributed by atoms with Crippen molar-refractivity contribution in [2.75, 3.05) is 0 Å². The molecule has 4 N–H and O–H groups in total. The zero-order valence-corrected chi connectivity index (χ0v) is 12.2. The number of nitrogens with two attached hydrogens (primary N) is 1. The number of nitrogens with zero attached hydrogens (tertiary/aromatic N) is 1. The lowest BCUT2D eigenvalue weighted by atomic mass is 10.1. The minimum Gasteiger partial charge on any atom is -0.409 e. The molecule has 2 aromatic rings. The normalized spacial score (nSPS) is 13.1. The minimum atomic E-state index is 0.131. The van der Waals surface area contributed by atoms with Gasteiger partial charge in [-0.25, -0.2) is 0 Å². The molecule has 1 unspecified atom stereocenters. The molecule has 0 aliphatic heterocycles. The van der Waals surface area contributed by atoms with E-state index in [9.17, 15) is 0 Å². The summed E-state index contributed by atoms with van der Waals surface area (Å²) in [5, 5.41) is 15.1. The fraction of sp³-hybridized carbons (Fsp3) is 0.235. The highest BCUT2D eigenvalue weighted by molar-refractivity contribution is 5.96. The summed E-state index contributed by atoms with van der Waals surface area (Å²) < 4.78 is 0. The van der Waals surface area contributed by atoms with Gasteiger partial charge in [0.2, 0.25) is 0 Å². The van der Waals surface area contributed by atoms with Gasteiger partial charge in [-0.1, -0.05) is 59.8 Å². The third kappa shape index (κ3) is 4.61. The summed E-state index contributed by atoms with van der Waals surface area (Å²) in [5.74, 6) is 0.131. The maximum atomic E-state index is 8.62. The molecule has 21 heavy (non-hydrogen) atoms. The number of amidine groups is 1. The first kappa shape index (κ1) is 15.1. The summed E-state index contributed by atoms with van der Waals surface area (Å²) in [4.78, 5) is 0. The second kappa shape index (κ2) is 7.45. The summed E-state index contributed by atoms with van der Waals surface area (Å²) in [6.45, 7) is 2.97. The lowest BCUT2D eigenvalue weighted by Gasteiger charge is -2.14. The molecular formula is C17H21N3O. The highest BCUT2D eigenvalue weighted by atomic mass is 16.4. The molecule has 0 spiro atoms. The van der Waals surface area contributed by atoms with Crippen molar-refractivity contribution in [2.24, 2.45) is 10.9 Å². The maximum absolute atomic E-state index is 8.62. The van der Waals surface area contributed by atoms with Crippen molar-refractivity contribution in [2.45, 2.75) is 25.9 Å². The first-order valence-corrected chi connectivity index (χ1v) is 7.03. The number of oxime groups is 1. The molecule has 0 amide bonds. The Hall–Kier alpha value is -2.33. The summed E-state index contributed by atoms with van der Waals surface area (Å²) in [6, 6.07) is 18.5. The van der Waals surface area contributed by atoms with E-state index in [1.165, 1.54) is 11.1 Å². The average molecular weight is 283 g/mol. The smallest absolute Gasteiger partial charge is 0.170 e. The van der Waals surface area contributed by atoms with E-state index in [2.05, 4.69) is 41.7 Å². The summed E-state index contributed by atoms with van der Waals surface area (Å²) in [6.07, 6.45) is 1.00. The topological polar surface area (TPSA) is 70.6 Å². The predicted octanol–water partition coefficient (Wildman–Crippen LogP) is 2.50. The van der Waals surface area contributed by atoms with Gasteiger partial charge in [-0.2, -0.15) is 0 Å². The molecule has 4 heteroatoms. The largest absolute Gasteiger partial charge is 0.409 e. The van der Waals surface area contributed by atoms with Crippen molar-refractivity contribution in [3.8, 4) is 0 Å². The Labute approximate surface area is 125 Å². The van der Waals surface area contributed by atoms with E-state index >= 15 is 0 Å². The number of rotatable bonds is 6. The van der Waals surface area contributed by atoms with Crippen LogP contribution in [-0.4, -0.2) is 17.1 Å². The molecule has 4 nitrogen and oxygen atoms in total. The van der Waals surface area contributed by atoms with Gasteiger partial charge in [0.15, 0.2) is 5.84 Å². The third-order valence-electron chi connectivity index (χ3n) is 3.40. The maximum Gasteiger partial charge on any atom is 0.170 e. The van der Waals surface area contributed by atoms with Crippen LogP contribution in [0.25, 0.3) is 0 Å². The van der Waals surface area contributed by atoms with Gasteiger partial charge < -0.3 is 16.3 Å². The molecule has 0 saturated carbocycles. The van der Waals surface area contributed by atoms with Crippen molar-refractivity contribution >= 4 is 5.84 Å². The second-order valence-electron chi connectivity index (χ2n) is 5.15. The molecular weight excluding hydrogens is 262 g/mol. The summed E-state index contributed by atoms with van der Waals surface area (Å²) in [5.41, 5.74) is 8.76. The van der Waals surface area contributed by atoms with Crippen LogP contribution < -0.4 is 11.1 Å². The van der Waals surface area contributed by atoms with E-state index in [4.69, 9.17) is 10.9 Å². The third-order valence-corrected chi connectivity index (χ3v) is 3.40. The van der Waals surface area contributed by atoms with Crippen LogP contribution in [-0.2, 0) is 13.0 Å². The number of hydrogen-bond donors (Lipinski definition) is 3.